The highest BCUT2D eigenvalue weighted by Crippen LogP contribution is 2.19. The normalized spacial score (nSPS) is 24.7. The number of urea groups is 1. The first-order valence-corrected chi connectivity index (χ1v) is 8.65. The van der Waals surface area contributed by atoms with Gasteiger partial charge in [0, 0.05) is 32.1 Å². The largest absolute Gasteiger partial charge is 0.344 e. The minimum atomic E-state index is -0.979. The zero-order valence-electron chi connectivity index (χ0n) is 15.3. The van der Waals surface area contributed by atoms with Gasteiger partial charge in [-0.2, -0.15) is 5.01 Å². The number of carbonyl (C=O) groups is 4. The number of nitrogens with zero attached hydrogens (tertiary/aromatic N) is 3. The van der Waals surface area contributed by atoms with Crippen molar-refractivity contribution in [2.45, 2.75) is 39.7 Å². The molecule has 0 bridgehead atoms. The van der Waals surface area contributed by atoms with E-state index in [0.29, 0.717) is 32.6 Å². The van der Waals surface area contributed by atoms with Gasteiger partial charge >= 0.3 is 6.03 Å². The molecule has 25 heavy (non-hydrogen) atoms. The number of amides is 5. The number of nitrogens with one attached hydrogen (secondary N) is 2. The Balaban J connectivity index is 1.83. The van der Waals surface area contributed by atoms with Crippen molar-refractivity contribution < 1.29 is 19.2 Å². The molecule has 0 aromatic rings. The fraction of sp³-hybridized carbons (Fsp3) is 0.750. The molecular formula is C16H27N5O4. The van der Waals surface area contributed by atoms with Crippen molar-refractivity contribution in [3.8, 4) is 0 Å². The topological polar surface area (TPSA) is 102 Å². The number of piperazine rings is 1. The average molecular weight is 353 g/mol. The molecule has 0 radical (unpaired) electrons. The predicted molar refractivity (Wildman–Crippen MR) is 90.1 cm³/mol. The van der Waals surface area contributed by atoms with E-state index in [1.54, 1.807) is 18.7 Å². The van der Waals surface area contributed by atoms with Crippen LogP contribution in [-0.4, -0.2) is 76.8 Å². The number of rotatable bonds is 5. The molecule has 0 aromatic heterocycles. The quantitative estimate of drug-likeness (QED) is 0.651. The molecule has 9 heteroatoms. The standard InChI is InChI=1S/C16H27N5O4/c1-5-16(4)14(24)21(15(25)17-16)18-12(22)10-19-6-8-20(9-7-19)13(23)11(2)3/h11H,5-10H2,1-4H3,(H,17,25)(H,18,22). The van der Waals surface area contributed by atoms with Crippen LogP contribution in [0.15, 0.2) is 0 Å². The summed E-state index contributed by atoms with van der Waals surface area (Å²) in [7, 11) is 0. The van der Waals surface area contributed by atoms with Gasteiger partial charge in [0.25, 0.3) is 11.8 Å². The van der Waals surface area contributed by atoms with E-state index in [4.69, 9.17) is 0 Å². The Morgan fingerprint density at radius 3 is 2.28 bits per heavy atom. The summed E-state index contributed by atoms with van der Waals surface area (Å²) in [4.78, 5) is 52.0. The number of imide groups is 1. The lowest BCUT2D eigenvalue weighted by atomic mass is 10.00. The van der Waals surface area contributed by atoms with Crippen LogP contribution in [0.25, 0.3) is 0 Å². The lowest BCUT2D eigenvalue weighted by molar-refractivity contribution is -0.140. The molecule has 5 amide bonds. The van der Waals surface area contributed by atoms with Crippen LogP contribution < -0.4 is 10.7 Å². The molecule has 2 heterocycles. The van der Waals surface area contributed by atoms with Gasteiger partial charge in [-0.3, -0.25) is 24.7 Å². The van der Waals surface area contributed by atoms with Gasteiger partial charge in [0.1, 0.15) is 5.54 Å². The second-order valence-electron chi connectivity index (χ2n) is 7.05. The predicted octanol–water partition coefficient (Wildman–Crippen LogP) is -0.462. The highest BCUT2D eigenvalue weighted by atomic mass is 16.2. The van der Waals surface area contributed by atoms with E-state index in [9.17, 15) is 19.2 Å². The summed E-state index contributed by atoms with van der Waals surface area (Å²) in [6.45, 7) is 9.53. The summed E-state index contributed by atoms with van der Waals surface area (Å²) < 4.78 is 0. The van der Waals surface area contributed by atoms with Crippen molar-refractivity contribution in [1.82, 2.24) is 25.6 Å². The molecule has 1 atom stereocenters. The molecule has 0 aliphatic carbocycles. The van der Waals surface area contributed by atoms with E-state index in [1.807, 2.05) is 18.7 Å². The zero-order valence-corrected chi connectivity index (χ0v) is 15.3. The van der Waals surface area contributed by atoms with E-state index in [-0.39, 0.29) is 18.4 Å². The van der Waals surface area contributed by atoms with E-state index < -0.39 is 23.4 Å². The van der Waals surface area contributed by atoms with Crippen molar-refractivity contribution in [2.75, 3.05) is 32.7 Å². The number of hydrogen-bond acceptors (Lipinski definition) is 5. The van der Waals surface area contributed by atoms with Crippen molar-refractivity contribution in [3.05, 3.63) is 0 Å². The van der Waals surface area contributed by atoms with Gasteiger partial charge in [-0.25, -0.2) is 4.79 Å². The Morgan fingerprint density at radius 2 is 1.80 bits per heavy atom. The van der Waals surface area contributed by atoms with Gasteiger partial charge in [-0.1, -0.05) is 20.8 Å². The first-order chi connectivity index (χ1) is 11.7. The maximum Gasteiger partial charge on any atom is 0.344 e. The van der Waals surface area contributed by atoms with Crippen molar-refractivity contribution in [1.29, 1.82) is 0 Å². The highest BCUT2D eigenvalue weighted by molar-refractivity contribution is 6.07. The third-order valence-corrected chi connectivity index (χ3v) is 4.75. The van der Waals surface area contributed by atoms with Crippen molar-refractivity contribution in [3.63, 3.8) is 0 Å². The summed E-state index contributed by atoms with van der Waals surface area (Å²) in [6.07, 6.45) is 0.440. The van der Waals surface area contributed by atoms with Crippen LogP contribution in [0.3, 0.4) is 0 Å². The molecule has 140 valence electrons. The average Bonchev–Trinajstić information content (AvgIpc) is 2.78. The third kappa shape index (κ3) is 4.09. The summed E-state index contributed by atoms with van der Waals surface area (Å²) in [6, 6.07) is -0.616. The van der Waals surface area contributed by atoms with Gasteiger partial charge in [-0.15, -0.1) is 0 Å². The van der Waals surface area contributed by atoms with Gasteiger partial charge < -0.3 is 10.2 Å². The van der Waals surface area contributed by atoms with Crippen molar-refractivity contribution in [2.24, 2.45) is 5.92 Å². The third-order valence-electron chi connectivity index (χ3n) is 4.75. The summed E-state index contributed by atoms with van der Waals surface area (Å²) >= 11 is 0. The molecular weight excluding hydrogens is 326 g/mol. The Labute approximate surface area is 147 Å². The Kier molecular flexibility index (Phi) is 5.66. The lowest BCUT2D eigenvalue weighted by Crippen LogP contribution is -2.54. The fourth-order valence-corrected chi connectivity index (χ4v) is 2.88. The molecule has 0 aromatic carbocycles. The van der Waals surface area contributed by atoms with E-state index in [2.05, 4.69) is 10.7 Å². The molecule has 0 saturated carbocycles. The zero-order chi connectivity index (χ0) is 18.8. The molecule has 2 aliphatic rings. The van der Waals surface area contributed by atoms with Crippen LogP contribution in [0.1, 0.15) is 34.1 Å². The smallest absolute Gasteiger partial charge is 0.340 e. The molecule has 2 rings (SSSR count). The van der Waals surface area contributed by atoms with Crippen LogP contribution in [0.4, 0.5) is 4.79 Å². The molecule has 2 aliphatic heterocycles. The second-order valence-corrected chi connectivity index (χ2v) is 7.05. The monoisotopic (exact) mass is 353 g/mol. The van der Waals surface area contributed by atoms with Crippen LogP contribution in [0.2, 0.25) is 0 Å². The van der Waals surface area contributed by atoms with Gasteiger partial charge in [0.2, 0.25) is 5.91 Å². The van der Waals surface area contributed by atoms with Crippen molar-refractivity contribution >= 4 is 23.8 Å². The van der Waals surface area contributed by atoms with Crippen LogP contribution in [0.5, 0.6) is 0 Å². The molecule has 9 nitrogen and oxygen atoms in total. The Morgan fingerprint density at radius 1 is 1.20 bits per heavy atom. The first-order valence-electron chi connectivity index (χ1n) is 8.65. The Bertz CT molecular complexity index is 571. The number of hydrogen-bond donors (Lipinski definition) is 2. The summed E-state index contributed by atoms with van der Waals surface area (Å²) in [5.74, 6) is -0.808. The molecule has 1 unspecified atom stereocenters. The number of hydrazine groups is 1. The van der Waals surface area contributed by atoms with Crippen LogP contribution in [-0.2, 0) is 14.4 Å². The fourth-order valence-electron chi connectivity index (χ4n) is 2.88. The van der Waals surface area contributed by atoms with E-state index >= 15 is 0 Å². The first kappa shape index (κ1) is 19.2. The van der Waals surface area contributed by atoms with E-state index in [1.165, 1.54) is 0 Å². The van der Waals surface area contributed by atoms with E-state index in [0.717, 1.165) is 5.01 Å². The summed E-state index contributed by atoms with van der Waals surface area (Å²) in [5, 5.41) is 3.34. The number of carbonyl (C=O) groups excluding carboxylic acids is 4. The van der Waals surface area contributed by atoms with Gasteiger partial charge in [0.05, 0.1) is 6.54 Å². The SMILES string of the molecule is CCC1(C)NC(=O)N(NC(=O)CN2CCN(C(=O)C(C)C)CC2)C1=O. The van der Waals surface area contributed by atoms with Gasteiger partial charge in [0.15, 0.2) is 0 Å². The molecule has 2 saturated heterocycles. The Hall–Kier alpha value is -2.16. The summed E-state index contributed by atoms with van der Waals surface area (Å²) in [5.41, 5.74) is 1.40. The van der Waals surface area contributed by atoms with Crippen LogP contribution in [0, 0.1) is 5.92 Å². The highest BCUT2D eigenvalue weighted by Gasteiger charge is 2.47. The lowest BCUT2D eigenvalue weighted by Gasteiger charge is -2.35. The minimum Gasteiger partial charge on any atom is -0.340 e. The minimum absolute atomic E-state index is 0.0394. The molecule has 0 spiro atoms. The maximum absolute atomic E-state index is 12.2. The van der Waals surface area contributed by atoms with Gasteiger partial charge in [-0.05, 0) is 13.3 Å². The molecule has 2 fully saturated rings. The maximum atomic E-state index is 12.2. The van der Waals surface area contributed by atoms with Crippen LogP contribution >= 0.6 is 0 Å². The molecule has 2 N–H and O–H groups in total. The second kappa shape index (κ2) is 7.38.